The van der Waals surface area contributed by atoms with Crippen molar-refractivity contribution in [3.8, 4) is 0 Å². The average Bonchev–Trinajstić information content (AvgIpc) is 2.10. The number of ether oxygens (including phenoxy) is 1. The Hall–Kier alpha value is -1.35. The average molecular weight is 256 g/mol. The van der Waals surface area contributed by atoms with Gasteiger partial charge in [-0.1, -0.05) is 0 Å². The van der Waals surface area contributed by atoms with E-state index in [0.717, 1.165) is 0 Å². The topological polar surface area (TPSA) is 59.0 Å². The van der Waals surface area contributed by atoms with E-state index in [1.165, 1.54) is 6.08 Å². The van der Waals surface area contributed by atoms with Crippen LogP contribution in [0.5, 0.6) is 0 Å². The molecule has 104 valence electrons. The monoisotopic (exact) mass is 256 g/mol. The summed E-state index contributed by atoms with van der Waals surface area (Å²) in [6, 6.07) is -0.0269. The summed E-state index contributed by atoms with van der Waals surface area (Å²) >= 11 is 0. The van der Waals surface area contributed by atoms with Crippen LogP contribution in [0.1, 0.15) is 48.5 Å². The van der Waals surface area contributed by atoms with Gasteiger partial charge in [0.2, 0.25) is 6.08 Å². The number of nitrogens with zero attached hydrogens (tertiary/aromatic N) is 2. The summed E-state index contributed by atoms with van der Waals surface area (Å²) in [7, 11) is 0. The lowest BCUT2D eigenvalue weighted by atomic mass is 10.1. The van der Waals surface area contributed by atoms with Gasteiger partial charge in [-0.15, -0.1) is 0 Å². The Morgan fingerprint density at radius 1 is 1.28 bits per heavy atom. The third kappa shape index (κ3) is 6.40. The molecule has 0 aromatic rings. The van der Waals surface area contributed by atoms with Crippen molar-refractivity contribution in [1.82, 2.24) is 4.90 Å². The van der Waals surface area contributed by atoms with Crippen LogP contribution in [-0.2, 0) is 9.53 Å². The lowest BCUT2D eigenvalue weighted by Crippen LogP contribution is -2.47. The lowest BCUT2D eigenvalue weighted by Gasteiger charge is -2.33. The minimum Gasteiger partial charge on any atom is -0.444 e. The molecule has 0 saturated heterocycles. The van der Waals surface area contributed by atoms with E-state index in [-0.39, 0.29) is 6.04 Å². The maximum absolute atomic E-state index is 12.0. The molecule has 5 nitrogen and oxygen atoms in total. The standard InChI is InChI=1S/C13H24N2O3/c1-10(2)15(8-13(6,7)14-9-16)11(17)18-12(3,4)5/h10H,8H2,1-7H3. The Morgan fingerprint density at radius 3 is 2.11 bits per heavy atom. The van der Waals surface area contributed by atoms with Crippen molar-refractivity contribution < 1.29 is 14.3 Å². The summed E-state index contributed by atoms with van der Waals surface area (Å²) in [5, 5.41) is 0. The van der Waals surface area contributed by atoms with Crippen molar-refractivity contribution in [3.63, 3.8) is 0 Å². The Kier molecular flexibility index (Phi) is 5.55. The molecule has 0 aromatic heterocycles. The highest BCUT2D eigenvalue weighted by molar-refractivity contribution is 5.68. The van der Waals surface area contributed by atoms with Gasteiger partial charge in [0, 0.05) is 12.6 Å². The van der Waals surface area contributed by atoms with E-state index in [9.17, 15) is 9.59 Å². The molecule has 1 amide bonds. The maximum Gasteiger partial charge on any atom is 0.410 e. The van der Waals surface area contributed by atoms with Crippen molar-refractivity contribution in [2.24, 2.45) is 4.99 Å². The van der Waals surface area contributed by atoms with Crippen molar-refractivity contribution in [3.05, 3.63) is 0 Å². The first-order chi connectivity index (χ1) is 7.98. The van der Waals surface area contributed by atoms with E-state index < -0.39 is 17.2 Å². The predicted molar refractivity (Wildman–Crippen MR) is 70.3 cm³/mol. The summed E-state index contributed by atoms with van der Waals surface area (Å²) in [5.41, 5.74) is -1.20. The number of amides is 1. The molecule has 18 heavy (non-hydrogen) atoms. The van der Waals surface area contributed by atoms with Crippen molar-refractivity contribution in [2.45, 2.75) is 65.6 Å². The zero-order chi connectivity index (χ0) is 14.6. The number of hydrogen-bond donors (Lipinski definition) is 0. The van der Waals surface area contributed by atoms with Crippen LogP contribution in [0.25, 0.3) is 0 Å². The predicted octanol–water partition coefficient (Wildman–Crippen LogP) is 2.75. The van der Waals surface area contributed by atoms with Crippen LogP contribution in [0.2, 0.25) is 0 Å². The molecule has 0 rings (SSSR count). The minimum absolute atomic E-state index is 0.0269. The molecule has 5 heteroatoms. The molecule has 0 saturated carbocycles. The summed E-state index contributed by atoms with van der Waals surface area (Å²) in [6.45, 7) is 13.1. The molecule has 0 unspecified atom stereocenters. The van der Waals surface area contributed by atoms with E-state index >= 15 is 0 Å². The third-order valence-electron chi connectivity index (χ3n) is 2.16. The highest BCUT2D eigenvalue weighted by Gasteiger charge is 2.29. The summed E-state index contributed by atoms with van der Waals surface area (Å²) in [5.74, 6) is 0. The Balaban J connectivity index is 4.88. The highest BCUT2D eigenvalue weighted by Crippen LogP contribution is 2.17. The van der Waals surface area contributed by atoms with Crippen LogP contribution in [0.15, 0.2) is 4.99 Å². The summed E-state index contributed by atoms with van der Waals surface area (Å²) in [4.78, 5) is 27.7. The second-order valence-electron chi connectivity index (χ2n) is 6.22. The zero-order valence-corrected chi connectivity index (χ0v) is 12.4. The van der Waals surface area contributed by atoms with Crippen LogP contribution in [0.3, 0.4) is 0 Å². The first-order valence-corrected chi connectivity index (χ1v) is 6.07. The van der Waals surface area contributed by atoms with Gasteiger partial charge in [0.25, 0.3) is 0 Å². The van der Waals surface area contributed by atoms with Gasteiger partial charge in [-0.2, -0.15) is 4.99 Å². The fourth-order valence-corrected chi connectivity index (χ4v) is 1.35. The molecule has 0 atom stereocenters. The van der Waals surface area contributed by atoms with Gasteiger partial charge in [-0.05, 0) is 48.5 Å². The van der Waals surface area contributed by atoms with Gasteiger partial charge in [0.05, 0.1) is 5.54 Å². The molecule has 0 fully saturated rings. The van der Waals surface area contributed by atoms with E-state index in [2.05, 4.69) is 4.99 Å². The molecule has 0 aliphatic carbocycles. The molecule has 0 aromatic carbocycles. The van der Waals surface area contributed by atoms with Crippen molar-refractivity contribution in [2.75, 3.05) is 6.54 Å². The molecule has 0 N–H and O–H groups in total. The van der Waals surface area contributed by atoms with Crippen LogP contribution >= 0.6 is 0 Å². The molecular formula is C13H24N2O3. The maximum atomic E-state index is 12.0. The summed E-state index contributed by atoms with van der Waals surface area (Å²) < 4.78 is 5.33. The first kappa shape index (κ1) is 16.6. The smallest absolute Gasteiger partial charge is 0.410 e. The Labute approximate surface area is 109 Å². The van der Waals surface area contributed by atoms with Crippen molar-refractivity contribution in [1.29, 1.82) is 0 Å². The number of carbonyl (C=O) groups is 1. The summed E-state index contributed by atoms with van der Waals surface area (Å²) in [6.07, 6.45) is 1.14. The minimum atomic E-state index is -0.664. The van der Waals surface area contributed by atoms with Crippen LogP contribution in [0.4, 0.5) is 4.79 Å². The molecule has 0 spiro atoms. The third-order valence-corrected chi connectivity index (χ3v) is 2.16. The van der Waals surface area contributed by atoms with Gasteiger partial charge in [-0.3, -0.25) is 0 Å². The first-order valence-electron chi connectivity index (χ1n) is 6.07. The van der Waals surface area contributed by atoms with E-state index in [0.29, 0.717) is 6.54 Å². The molecule has 0 aliphatic heterocycles. The molecule has 0 bridgehead atoms. The van der Waals surface area contributed by atoms with Gasteiger partial charge in [0.1, 0.15) is 5.60 Å². The number of isocyanates is 1. The Morgan fingerprint density at radius 2 is 1.78 bits per heavy atom. The molecule has 0 heterocycles. The number of aliphatic imine (C=N–C) groups is 1. The fourth-order valence-electron chi connectivity index (χ4n) is 1.35. The van der Waals surface area contributed by atoms with E-state index in [1.807, 2.05) is 34.6 Å². The van der Waals surface area contributed by atoms with E-state index in [1.54, 1.807) is 18.7 Å². The van der Waals surface area contributed by atoms with Gasteiger partial charge in [0.15, 0.2) is 0 Å². The van der Waals surface area contributed by atoms with Gasteiger partial charge in [-0.25, -0.2) is 9.59 Å². The fraction of sp³-hybridized carbons (Fsp3) is 0.846. The zero-order valence-electron chi connectivity index (χ0n) is 12.4. The quantitative estimate of drug-likeness (QED) is 0.574. The highest BCUT2D eigenvalue weighted by atomic mass is 16.6. The largest absolute Gasteiger partial charge is 0.444 e. The van der Waals surface area contributed by atoms with Crippen LogP contribution in [-0.4, -0.2) is 40.8 Å². The Bertz CT molecular complexity index is 337. The van der Waals surface area contributed by atoms with E-state index in [4.69, 9.17) is 4.74 Å². The normalized spacial score (nSPS) is 12.0. The second-order valence-corrected chi connectivity index (χ2v) is 6.22. The molecule has 0 radical (unpaired) electrons. The number of rotatable bonds is 4. The number of carbonyl (C=O) groups excluding carboxylic acids is 2. The van der Waals surface area contributed by atoms with Crippen LogP contribution < -0.4 is 0 Å². The molecular weight excluding hydrogens is 232 g/mol. The SMILES string of the molecule is CC(C)N(CC(C)(C)N=C=O)C(=O)OC(C)(C)C. The van der Waals surface area contributed by atoms with Gasteiger partial charge >= 0.3 is 6.09 Å². The number of hydrogen-bond acceptors (Lipinski definition) is 4. The molecule has 0 aliphatic rings. The van der Waals surface area contributed by atoms with Crippen molar-refractivity contribution >= 4 is 12.2 Å². The van der Waals surface area contributed by atoms with Gasteiger partial charge < -0.3 is 9.64 Å². The lowest BCUT2D eigenvalue weighted by molar-refractivity contribution is 0.0154. The van der Waals surface area contributed by atoms with Crippen LogP contribution in [0, 0.1) is 0 Å². The second kappa shape index (κ2) is 6.01.